The standard InChI is InChI=1S/C19H19N3O2/c23-19(12-14-3-8-17-18(11-14)24-13-20-17)21-15-4-6-16(7-5-15)22-9-1-2-10-22/h3-8,11,13H,1-2,9-10,12H2,(H,21,23). The molecule has 1 saturated heterocycles. The fourth-order valence-electron chi connectivity index (χ4n) is 3.13. The number of amides is 1. The molecule has 0 saturated carbocycles. The van der Waals surface area contributed by atoms with Crippen molar-refractivity contribution in [3.63, 3.8) is 0 Å². The minimum Gasteiger partial charge on any atom is -0.443 e. The molecule has 0 aliphatic carbocycles. The maximum Gasteiger partial charge on any atom is 0.228 e. The summed E-state index contributed by atoms with van der Waals surface area (Å²) in [5.74, 6) is -0.0391. The third-order valence-corrected chi connectivity index (χ3v) is 4.38. The van der Waals surface area contributed by atoms with Gasteiger partial charge in [0.05, 0.1) is 6.42 Å². The van der Waals surface area contributed by atoms with Gasteiger partial charge in [-0.05, 0) is 54.8 Å². The van der Waals surface area contributed by atoms with E-state index in [1.54, 1.807) is 0 Å². The Labute approximate surface area is 140 Å². The van der Waals surface area contributed by atoms with Crippen LogP contribution < -0.4 is 10.2 Å². The Morgan fingerprint density at radius 1 is 1.12 bits per heavy atom. The summed E-state index contributed by atoms with van der Waals surface area (Å²) in [7, 11) is 0. The molecule has 0 unspecified atom stereocenters. The molecular formula is C19H19N3O2. The van der Waals surface area contributed by atoms with Gasteiger partial charge in [-0.1, -0.05) is 6.07 Å². The Hall–Kier alpha value is -2.82. The van der Waals surface area contributed by atoms with Crippen LogP contribution in [0.25, 0.3) is 11.1 Å². The average Bonchev–Trinajstić information content (AvgIpc) is 3.26. The van der Waals surface area contributed by atoms with E-state index in [1.807, 2.05) is 30.3 Å². The quantitative estimate of drug-likeness (QED) is 0.797. The monoisotopic (exact) mass is 321 g/mol. The fraction of sp³-hybridized carbons (Fsp3) is 0.263. The van der Waals surface area contributed by atoms with Crippen LogP contribution in [0.1, 0.15) is 18.4 Å². The van der Waals surface area contributed by atoms with Crippen LogP contribution in [0.4, 0.5) is 11.4 Å². The van der Waals surface area contributed by atoms with Crippen molar-refractivity contribution in [2.75, 3.05) is 23.3 Å². The highest BCUT2D eigenvalue weighted by Gasteiger charge is 2.12. The van der Waals surface area contributed by atoms with E-state index in [-0.39, 0.29) is 5.91 Å². The molecule has 2 heterocycles. The number of rotatable bonds is 4. The number of aromatic nitrogens is 1. The molecule has 122 valence electrons. The first-order valence-electron chi connectivity index (χ1n) is 8.25. The molecular weight excluding hydrogens is 302 g/mol. The Bertz CT molecular complexity index is 848. The second-order valence-corrected chi connectivity index (χ2v) is 6.12. The van der Waals surface area contributed by atoms with Crippen LogP contribution in [0.2, 0.25) is 0 Å². The van der Waals surface area contributed by atoms with Crippen LogP contribution in [0.3, 0.4) is 0 Å². The van der Waals surface area contributed by atoms with E-state index in [4.69, 9.17) is 4.42 Å². The highest BCUT2D eigenvalue weighted by Crippen LogP contribution is 2.22. The molecule has 1 N–H and O–H groups in total. The molecule has 5 heteroatoms. The Balaban J connectivity index is 1.39. The SMILES string of the molecule is O=C(Cc1ccc2ncoc2c1)Nc1ccc(N2CCCC2)cc1. The molecule has 4 rings (SSSR count). The normalized spacial score (nSPS) is 14.2. The van der Waals surface area contributed by atoms with E-state index < -0.39 is 0 Å². The highest BCUT2D eigenvalue weighted by atomic mass is 16.3. The highest BCUT2D eigenvalue weighted by molar-refractivity contribution is 5.92. The molecule has 1 aliphatic rings. The summed E-state index contributed by atoms with van der Waals surface area (Å²) in [5.41, 5.74) is 4.46. The molecule has 1 fully saturated rings. The van der Waals surface area contributed by atoms with Crippen molar-refractivity contribution in [3.05, 3.63) is 54.4 Å². The lowest BCUT2D eigenvalue weighted by molar-refractivity contribution is -0.115. The zero-order valence-corrected chi connectivity index (χ0v) is 13.4. The first-order valence-corrected chi connectivity index (χ1v) is 8.25. The van der Waals surface area contributed by atoms with Crippen LogP contribution in [-0.2, 0) is 11.2 Å². The second kappa shape index (κ2) is 6.35. The van der Waals surface area contributed by atoms with Crippen LogP contribution >= 0.6 is 0 Å². The van der Waals surface area contributed by atoms with E-state index in [2.05, 4.69) is 27.3 Å². The summed E-state index contributed by atoms with van der Waals surface area (Å²) < 4.78 is 5.27. The minimum absolute atomic E-state index is 0.0391. The summed E-state index contributed by atoms with van der Waals surface area (Å²) >= 11 is 0. The minimum atomic E-state index is -0.0391. The van der Waals surface area contributed by atoms with Gasteiger partial charge in [-0.25, -0.2) is 4.98 Å². The van der Waals surface area contributed by atoms with Crippen molar-refractivity contribution in [1.82, 2.24) is 4.98 Å². The lowest BCUT2D eigenvalue weighted by Gasteiger charge is -2.17. The van der Waals surface area contributed by atoms with Gasteiger partial charge in [0, 0.05) is 24.5 Å². The molecule has 1 aliphatic heterocycles. The Morgan fingerprint density at radius 3 is 2.71 bits per heavy atom. The first-order chi connectivity index (χ1) is 11.8. The van der Waals surface area contributed by atoms with Crippen molar-refractivity contribution in [2.24, 2.45) is 0 Å². The van der Waals surface area contributed by atoms with Gasteiger partial charge in [-0.15, -0.1) is 0 Å². The van der Waals surface area contributed by atoms with Crippen molar-refractivity contribution < 1.29 is 9.21 Å². The molecule has 1 aromatic heterocycles. The van der Waals surface area contributed by atoms with Crippen molar-refractivity contribution in [3.8, 4) is 0 Å². The number of nitrogens with one attached hydrogen (secondary N) is 1. The molecule has 5 nitrogen and oxygen atoms in total. The third-order valence-electron chi connectivity index (χ3n) is 4.38. The number of fused-ring (bicyclic) bond motifs is 1. The number of hydrogen-bond acceptors (Lipinski definition) is 4. The Kier molecular flexibility index (Phi) is 3.91. The van der Waals surface area contributed by atoms with Crippen LogP contribution in [0.5, 0.6) is 0 Å². The van der Waals surface area contributed by atoms with E-state index in [0.717, 1.165) is 29.9 Å². The largest absolute Gasteiger partial charge is 0.443 e. The fourth-order valence-corrected chi connectivity index (χ4v) is 3.13. The summed E-state index contributed by atoms with van der Waals surface area (Å²) in [6.45, 7) is 2.24. The summed E-state index contributed by atoms with van der Waals surface area (Å²) in [6, 6.07) is 13.7. The van der Waals surface area contributed by atoms with Gasteiger partial charge >= 0.3 is 0 Å². The maximum absolute atomic E-state index is 12.2. The molecule has 0 spiro atoms. The predicted molar refractivity (Wildman–Crippen MR) is 94.2 cm³/mol. The van der Waals surface area contributed by atoms with E-state index in [9.17, 15) is 4.79 Å². The zero-order valence-electron chi connectivity index (χ0n) is 13.4. The summed E-state index contributed by atoms with van der Waals surface area (Å²) in [5, 5.41) is 2.95. The van der Waals surface area contributed by atoms with Gasteiger partial charge in [-0.3, -0.25) is 4.79 Å². The van der Waals surface area contributed by atoms with Gasteiger partial charge in [0.2, 0.25) is 5.91 Å². The molecule has 24 heavy (non-hydrogen) atoms. The van der Waals surface area contributed by atoms with Gasteiger partial charge in [0.25, 0.3) is 0 Å². The number of carbonyl (C=O) groups excluding carboxylic acids is 1. The third kappa shape index (κ3) is 3.11. The van der Waals surface area contributed by atoms with Crippen LogP contribution in [0, 0.1) is 0 Å². The first kappa shape index (κ1) is 14.8. The lowest BCUT2D eigenvalue weighted by Crippen LogP contribution is -2.18. The van der Waals surface area contributed by atoms with Crippen molar-refractivity contribution in [1.29, 1.82) is 0 Å². The van der Waals surface area contributed by atoms with Crippen LogP contribution in [-0.4, -0.2) is 24.0 Å². The molecule has 1 amide bonds. The zero-order chi connectivity index (χ0) is 16.4. The number of nitrogens with zero attached hydrogens (tertiary/aromatic N) is 2. The molecule has 3 aromatic rings. The molecule has 0 bridgehead atoms. The number of oxazole rings is 1. The number of anilines is 2. The van der Waals surface area contributed by atoms with E-state index in [0.29, 0.717) is 12.0 Å². The summed E-state index contributed by atoms with van der Waals surface area (Å²) in [4.78, 5) is 18.7. The topological polar surface area (TPSA) is 58.4 Å². The molecule has 2 aromatic carbocycles. The second-order valence-electron chi connectivity index (χ2n) is 6.12. The van der Waals surface area contributed by atoms with Gasteiger partial charge in [-0.2, -0.15) is 0 Å². The van der Waals surface area contributed by atoms with Crippen molar-refractivity contribution in [2.45, 2.75) is 19.3 Å². The maximum atomic E-state index is 12.2. The van der Waals surface area contributed by atoms with Gasteiger partial charge < -0.3 is 14.6 Å². The van der Waals surface area contributed by atoms with Crippen LogP contribution in [0.15, 0.2) is 53.3 Å². The number of hydrogen-bond donors (Lipinski definition) is 1. The number of benzene rings is 2. The number of carbonyl (C=O) groups is 1. The van der Waals surface area contributed by atoms with E-state index >= 15 is 0 Å². The summed E-state index contributed by atoms with van der Waals surface area (Å²) in [6.07, 6.45) is 4.24. The lowest BCUT2D eigenvalue weighted by atomic mass is 10.1. The Morgan fingerprint density at radius 2 is 1.92 bits per heavy atom. The molecule has 0 atom stereocenters. The predicted octanol–water partition coefficient (Wildman–Crippen LogP) is 3.61. The average molecular weight is 321 g/mol. The smallest absolute Gasteiger partial charge is 0.228 e. The van der Waals surface area contributed by atoms with Gasteiger partial charge in [0.15, 0.2) is 12.0 Å². The van der Waals surface area contributed by atoms with E-state index in [1.165, 1.54) is 24.9 Å². The van der Waals surface area contributed by atoms with Crippen molar-refractivity contribution >= 4 is 28.4 Å². The van der Waals surface area contributed by atoms with Gasteiger partial charge in [0.1, 0.15) is 5.52 Å². The molecule has 0 radical (unpaired) electrons.